The van der Waals surface area contributed by atoms with Crippen molar-refractivity contribution in [1.29, 1.82) is 0 Å². The molecule has 1 aliphatic carbocycles. The molecular formula is C16H18N2O3S. The smallest absolute Gasteiger partial charge is 0.230 e. The van der Waals surface area contributed by atoms with Gasteiger partial charge in [-0.1, -0.05) is 6.07 Å². The fourth-order valence-corrected chi connectivity index (χ4v) is 3.06. The Kier molecular flexibility index (Phi) is 4.29. The first kappa shape index (κ1) is 14.8. The van der Waals surface area contributed by atoms with Crippen LogP contribution in [0.1, 0.15) is 30.0 Å². The van der Waals surface area contributed by atoms with Crippen LogP contribution in [0.5, 0.6) is 11.5 Å². The van der Waals surface area contributed by atoms with Crippen molar-refractivity contribution in [3.05, 3.63) is 34.8 Å². The third-order valence-electron chi connectivity index (χ3n) is 3.58. The van der Waals surface area contributed by atoms with Gasteiger partial charge < -0.3 is 14.8 Å². The Morgan fingerprint density at radius 3 is 2.77 bits per heavy atom. The second-order valence-electron chi connectivity index (χ2n) is 5.27. The van der Waals surface area contributed by atoms with Crippen LogP contribution in [0.2, 0.25) is 0 Å². The second kappa shape index (κ2) is 6.36. The second-order valence-corrected chi connectivity index (χ2v) is 6.12. The van der Waals surface area contributed by atoms with Crippen molar-refractivity contribution in [3.8, 4) is 11.5 Å². The van der Waals surface area contributed by atoms with Gasteiger partial charge in [0.1, 0.15) is 0 Å². The van der Waals surface area contributed by atoms with Crippen LogP contribution >= 0.6 is 11.3 Å². The Morgan fingerprint density at radius 2 is 2.09 bits per heavy atom. The molecular weight excluding hydrogens is 300 g/mol. The number of amides is 1. The number of ether oxygens (including phenoxy) is 2. The van der Waals surface area contributed by atoms with Crippen LogP contribution in [0.15, 0.2) is 23.6 Å². The van der Waals surface area contributed by atoms with Crippen LogP contribution < -0.4 is 14.8 Å². The van der Waals surface area contributed by atoms with Crippen molar-refractivity contribution in [1.82, 2.24) is 4.98 Å². The Balaban J connectivity index is 1.63. The Bertz CT molecular complexity index is 680. The van der Waals surface area contributed by atoms with Gasteiger partial charge in [0.2, 0.25) is 5.91 Å². The lowest BCUT2D eigenvalue weighted by Crippen LogP contribution is -2.14. The normalized spacial score (nSPS) is 13.7. The van der Waals surface area contributed by atoms with Crippen LogP contribution in [-0.2, 0) is 11.2 Å². The van der Waals surface area contributed by atoms with E-state index in [1.54, 1.807) is 20.3 Å². The molecule has 1 N–H and O–H groups in total. The van der Waals surface area contributed by atoms with Gasteiger partial charge in [-0.25, -0.2) is 4.98 Å². The molecule has 1 amide bonds. The summed E-state index contributed by atoms with van der Waals surface area (Å²) >= 11 is 1.48. The van der Waals surface area contributed by atoms with Crippen molar-refractivity contribution in [2.75, 3.05) is 19.5 Å². The first-order valence-corrected chi connectivity index (χ1v) is 8.03. The molecule has 5 nitrogen and oxygen atoms in total. The predicted octanol–water partition coefficient (Wildman–Crippen LogP) is 3.22. The third kappa shape index (κ3) is 3.39. The quantitative estimate of drug-likeness (QED) is 0.888. The minimum Gasteiger partial charge on any atom is -0.493 e. The maximum atomic E-state index is 12.1. The van der Waals surface area contributed by atoms with Gasteiger partial charge in [0.05, 0.1) is 26.3 Å². The van der Waals surface area contributed by atoms with Crippen molar-refractivity contribution in [2.45, 2.75) is 25.2 Å². The highest BCUT2D eigenvalue weighted by atomic mass is 32.1. The monoisotopic (exact) mass is 318 g/mol. The molecule has 22 heavy (non-hydrogen) atoms. The zero-order valence-corrected chi connectivity index (χ0v) is 13.4. The van der Waals surface area contributed by atoms with E-state index in [2.05, 4.69) is 10.3 Å². The van der Waals surface area contributed by atoms with E-state index in [1.165, 1.54) is 24.2 Å². The van der Waals surface area contributed by atoms with Crippen LogP contribution in [0.3, 0.4) is 0 Å². The molecule has 1 aromatic heterocycles. The highest BCUT2D eigenvalue weighted by molar-refractivity contribution is 7.13. The van der Waals surface area contributed by atoms with E-state index < -0.39 is 0 Å². The van der Waals surface area contributed by atoms with E-state index in [4.69, 9.17) is 9.47 Å². The summed E-state index contributed by atoms with van der Waals surface area (Å²) in [5.74, 6) is 1.80. The maximum Gasteiger partial charge on any atom is 0.230 e. The SMILES string of the molecule is COc1ccc(CC(=O)Nc2nc(C3CC3)cs2)cc1OC. The lowest BCUT2D eigenvalue weighted by molar-refractivity contribution is -0.115. The molecule has 0 atom stereocenters. The van der Waals surface area contributed by atoms with E-state index in [-0.39, 0.29) is 12.3 Å². The van der Waals surface area contributed by atoms with Gasteiger partial charge in [-0.3, -0.25) is 4.79 Å². The number of aromatic nitrogens is 1. The molecule has 2 aromatic rings. The number of carbonyl (C=O) groups is 1. The molecule has 6 heteroatoms. The fourth-order valence-electron chi connectivity index (χ4n) is 2.25. The summed E-state index contributed by atoms with van der Waals surface area (Å²) < 4.78 is 10.4. The van der Waals surface area contributed by atoms with Crippen molar-refractivity contribution in [2.24, 2.45) is 0 Å². The van der Waals surface area contributed by atoms with Crippen LogP contribution in [0.4, 0.5) is 5.13 Å². The first-order chi connectivity index (χ1) is 10.7. The van der Waals surface area contributed by atoms with Crippen molar-refractivity contribution in [3.63, 3.8) is 0 Å². The van der Waals surface area contributed by atoms with Crippen LogP contribution in [0, 0.1) is 0 Å². The molecule has 1 fully saturated rings. The number of carbonyl (C=O) groups excluding carboxylic acids is 1. The van der Waals surface area contributed by atoms with Crippen LogP contribution in [0.25, 0.3) is 0 Å². The lowest BCUT2D eigenvalue weighted by atomic mass is 10.1. The predicted molar refractivity (Wildman–Crippen MR) is 86.0 cm³/mol. The Labute approximate surface area is 133 Å². The molecule has 3 rings (SSSR count). The number of nitrogens with one attached hydrogen (secondary N) is 1. The topological polar surface area (TPSA) is 60.5 Å². The Hall–Kier alpha value is -2.08. The number of benzene rings is 1. The summed E-state index contributed by atoms with van der Waals surface area (Å²) in [4.78, 5) is 16.6. The third-order valence-corrected chi connectivity index (χ3v) is 4.35. The summed E-state index contributed by atoms with van der Waals surface area (Å²) in [5, 5.41) is 5.56. The number of rotatable bonds is 6. The lowest BCUT2D eigenvalue weighted by Gasteiger charge is -2.09. The summed E-state index contributed by atoms with van der Waals surface area (Å²) in [6, 6.07) is 5.48. The van der Waals surface area contributed by atoms with Gasteiger partial charge in [0, 0.05) is 11.3 Å². The van der Waals surface area contributed by atoms with Crippen molar-refractivity contribution >= 4 is 22.4 Å². The molecule has 0 radical (unpaired) electrons. The van der Waals surface area contributed by atoms with E-state index in [0.717, 1.165) is 11.3 Å². The molecule has 0 saturated heterocycles. The van der Waals surface area contributed by atoms with Gasteiger partial charge >= 0.3 is 0 Å². The summed E-state index contributed by atoms with van der Waals surface area (Å²) in [5.41, 5.74) is 1.97. The van der Waals surface area contributed by atoms with Crippen molar-refractivity contribution < 1.29 is 14.3 Å². The zero-order valence-electron chi connectivity index (χ0n) is 12.6. The standard InChI is InChI=1S/C16H18N2O3S/c1-20-13-6-3-10(7-14(13)21-2)8-15(19)18-16-17-12(9-22-16)11-4-5-11/h3,6-7,9,11H,4-5,8H2,1-2H3,(H,17,18,19). The first-order valence-electron chi connectivity index (χ1n) is 7.15. The largest absolute Gasteiger partial charge is 0.493 e. The average molecular weight is 318 g/mol. The summed E-state index contributed by atoms with van der Waals surface area (Å²) in [7, 11) is 3.17. The summed E-state index contributed by atoms with van der Waals surface area (Å²) in [6.45, 7) is 0. The molecule has 0 unspecified atom stereocenters. The van der Waals surface area contributed by atoms with Gasteiger partial charge in [0.15, 0.2) is 16.6 Å². The average Bonchev–Trinajstić information content (AvgIpc) is 3.27. The molecule has 1 heterocycles. The van der Waals surface area contributed by atoms with Gasteiger partial charge in [-0.05, 0) is 30.5 Å². The van der Waals surface area contributed by atoms with Crippen LogP contribution in [-0.4, -0.2) is 25.1 Å². The molecule has 1 aromatic carbocycles. The Morgan fingerprint density at radius 1 is 1.32 bits per heavy atom. The highest BCUT2D eigenvalue weighted by Gasteiger charge is 2.26. The van der Waals surface area contributed by atoms with Gasteiger partial charge in [0.25, 0.3) is 0 Å². The summed E-state index contributed by atoms with van der Waals surface area (Å²) in [6.07, 6.45) is 2.70. The van der Waals surface area contributed by atoms with E-state index in [1.807, 2.05) is 17.5 Å². The molecule has 116 valence electrons. The number of nitrogens with zero attached hydrogens (tertiary/aromatic N) is 1. The molecule has 1 saturated carbocycles. The van der Waals surface area contributed by atoms with E-state index in [0.29, 0.717) is 22.5 Å². The molecule has 0 bridgehead atoms. The van der Waals surface area contributed by atoms with Gasteiger partial charge in [-0.2, -0.15) is 0 Å². The minimum absolute atomic E-state index is 0.0797. The van der Waals surface area contributed by atoms with E-state index in [9.17, 15) is 4.79 Å². The number of thiazole rings is 1. The maximum absolute atomic E-state index is 12.1. The number of hydrogen-bond acceptors (Lipinski definition) is 5. The number of methoxy groups -OCH3 is 2. The number of anilines is 1. The van der Waals surface area contributed by atoms with E-state index >= 15 is 0 Å². The van der Waals surface area contributed by atoms with Gasteiger partial charge in [-0.15, -0.1) is 11.3 Å². The molecule has 0 spiro atoms. The molecule has 1 aliphatic rings. The zero-order chi connectivity index (χ0) is 15.5. The number of hydrogen-bond donors (Lipinski definition) is 1. The fraction of sp³-hybridized carbons (Fsp3) is 0.375. The minimum atomic E-state index is -0.0797. The highest BCUT2D eigenvalue weighted by Crippen LogP contribution is 2.40. The molecule has 0 aliphatic heterocycles.